The molecule has 1 aromatic carbocycles. The summed E-state index contributed by atoms with van der Waals surface area (Å²) in [5, 5.41) is 7.73. The molecule has 1 aromatic rings. The number of benzene rings is 1. The summed E-state index contributed by atoms with van der Waals surface area (Å²) in [4.78, 5) is 26.5. The molecule has 188 valence electrons. The van der Waals surface area contributed by atoms with Crippen LogP contribution in [0.2, 0.25) is 0 Å². The lowest BCUT2D eigenvalue weighted by Gasteiger charge is -2.50. The van der Waals surface area contributed by atoms with Crippen LogP contribution < -0.4 is 5.32 Å². The van der Waals surface area contributed by atoms with Crippen molar-refractivity contribution in [1.82, 2.24) is 20.2 Å². The Bertz CT molecular complexity index is 904. The van der Waals surface area contributed by atoms with E-state index in [2.05, 4.69) is 59.6 Å². The molecule has 1 amide bonds. The Morgan fingerprint density at radius 3 is 2.44 bits per heavy atom. The van der Waals surface area contributed by atoms with Gasteiger partial charge in [0.2, 0.25) is 0 Å². The number of esters is 1. The Balaban J connectivity index is 1.73. The fourth-order valence-corrected chi connectivity index (χ4v) is 4.92. The maximum atomic E-state index is 12.2. The Morgan fingerprint density at radius 1 is 1.18 bits per heavy atom. The molecule has 0 radical (unpaired) electrons. The van der Waals surface area contributed by atoms with Gasteiger partial charge >= 0.3 is 12.1 Å². The summed E-state index contributed by atoms with van der Waals surface area (Å²) < 4.78 is 10.4. The number of methoxy groups -OCH3 is 1. The van der Waals surface area contributed by atoms with E-state index >= 15 is 0 Å². The van der Waals surface area contributed by atoms with E-state index in [0.29, 0.717) is 11.6 Å². The third-order valence-electron chi connectivity index (χ3n) is 6.83. The van der Waals surface area contributed by atoms with Crippen LogP contribution in [0.4, 0.5) is 4.79 Å². The number of hydrogen-bond acceptors (Lipinski definition) is 7. The molecular weight excluding hydrogens is 432 g/mol. The molecule has 1 saturated carbocycles. The van der Waals surface area contributed by atoms with Gasteiger partial charge in [-0.05, 0) is 71.1 Å². The van der Waals surface area contributed by atoms with Crippen LogP contribution in [0.25, 0.3) is 0 Å². The van der Waals surface area contributed by atoms with Crippen molar-refractivity contribution in [3.8, 4) is 0 Å². The SMILES string of the molecule is CCN(C1CCC(NC(=O)OC(C)(C)C)CC1)N1C=CN(C)C1(C)c1cccc(C(=O)OC)c1. The fourth-order valence-electron chi connectivity index (χ4n) is 4.92. The molecule has 0 spiro atoms. The van der Waals surface area contributed by atoms with Gasteiger partial charge in [-0.3, -0.25) is 5.01 Å². The Hall–Kier alpha value is -2.74. The maximum Gasteiger partial charge on any atom is 0.407 e. The van der Waals surface area contributed by atoms with Crippen molar-refractivity contribution in [3.05, 3.63) is 47.8 Å². The van der Waals surface area contributed by atoms with Crippen molar-refractivity contribution < 1.29 is 19.1 Å². The summed E-state index contributed by atoms with van der Waals surface area (Å²) >= 11 is 0. The zero-order chi connectivity index (χ0) is 25.1. The first-order valence-electron chi connectivity index (χ1n) is 12.1. The highest BCUT2D eigenvalue weighted by molar-refractivity contribution is 5.89. The van der Waals surface area contributed by atoms with Crippen LogP contribution in [-0.2, 0) is 15.1 Å². The highest BCUT2D eigenvalue weighted by atomic mass is 16.6. The zero-order valence-corrected chi connectivity index (χ0v) is 21.6. The Labute approximate surface area is 203 Å². The van der Waals surface area contributed by atoms with E-state index in [9.17, 15) is 9.59 Å². The quantitative estimate of drug-likeness (QED) is 0.614. The van der Waals surface area contributed by atoms with Crippen molar-refractivity contribution in [3.63, 3.8) is 0 Å². The van der Waals surface area contributed by atoms with Crippen LogP contribution in [0.3, 0.4) is 0 Å². The van der Waals surface area contributed by atoms with Gasteiger partial charge in [0, 0.05) is 38.1 Å². The molecule has 1 aliphatic heterocycles. The number of nitrogens with zero attached hydrogens (tertiary/aromatic N) is 3. The van der Waals surface area contributed by atoms with Crippen LogP contribution in [0.15, 0.2) is 36.7 Å². The van der Waals surface area contributed by atoms with Crippen molar-refractivity contribution in [2.24, 2.45) is 0 Å². The Morgan fingerprint density at radius 2 is 1.85 bits per heavy atom. The van der Waals surface area contributed by atoms with E-state index in [4.69, 9.17) is 9.47 Å². The van der Waals surface area contributed by atoms with E-state index < -0.39 is 11.3 Å². The van der Waals surface area contributed by atoms with Gasteiger partial charge < -0.3 is 19.7 Å². The van der Waals surface area contributed by atoms with Gasteiger partial charge in [0.15, 0.2) is 0 Å². The summed E-state index contributed by atoms with van der Waals surface area (Å²) in [6, 6.07) is 8.13. The number of nitrogens with one attached hydrogen (secondary N) is 1. The number of carbonyl (C=O) groups excluding carboxylic acids is 2. The van der Waals surface area contributed by atoms with Crippen LogP contribution in [0.1, 0.15) is 76.2 Å². The molecule has 0 bridgehead atoms. The van der Waals surface area contributed by atoms with E-state index in [1.807, 2.05) is 32.9 Å². The van der Waals surface area contributed by atoms with Crippen molar-refractivity contribution in [2.75, 3.05) is 20.7 Å². The molecule has 2 aliphatic rings. The molecule has 1 N–H and O–H groups in total. The average Bonchev–Trinajstić information content (AvgIpc) is 3.09. The molecule has 1 heterocycles. The topological polar surface area (TPSA) is 74.4 Å². The largest absolute Gasteiger partial charge is 0.465 e. The number of alkyl carbamates (subject to hydrolysis) is 1. The maximum absolute atomic E-state index is 12.2. The first-order chi connectivity index (χ1) is 16.0. The van der Waals surface area contributed by atoms with Crippen LogP contribution in [0, 0.1) is 0 Å². The number of carbonyl (C=O) groups is 2. The predicted octanol–water partition coefficient (Wildman–Crippen LogP) is 4.44. The van der Waals surface area contributed by atoms with E-state index in [-0.39, 0.29) is 18.1 Å². The van der Waals surface area contributed by atoms with Crippen LogP contribution in [0.5, 0.6) is 0 Å². The smallest absolute Gasteiger partial charge is 0.407 e. The standard InChI is InChI=1S/C26H40N4O4/c1-8-29(22-14-12-21(13-15-22)27-24(32)34-25(2,3)4)30-17-16-28(6)26(30,5)20-11-9-10-19(18-20)23(31)33-7/h9-11,16-18,21-22H,8,12-15H2,1-7H3,(H,27,32). The highest BCUT2D eigenvalue weighted by Gasteiger charge is 2.44. The van der Waals surface area contributed by atoms with Gasteiger partial charge in [0.25, 0.3) is 0 Å². The number of hydrogen-bond donors (Lipinski definition) is 1. The molecule has 1 fully saturated rings. The molecule has 1 atom stereocenters. The third kappa shape index (κ3) is 5.49. The third-order valence-corrected chi connectivity index (χ3v) is 6.83. The van der Waals surface area contributed by atoms with Gasteiger partial charge in [-0.15, -0.1) is 0 Å². The van der Waals surface area contributed by atoms with Gasteiger partial charge in [-0.2, -0.15) is 0 Å². The highest BCUT2D eigenvalue weighted by Crippen LogP contribution is 2.40. The minimum atomic E-state index is -0.496. The van der Waals surface area contributed by atoms with Crippen LogP contribution in [-0.4, -0.2) is 65.4 Å². The molecule has 1 aliphatic carbocycles. The molecule has 34 heavy (non-hydrogen) atoms. The van der Waals surface area contributed by atoms with E-state index in [0.717, 1.165) is 37.8 Å². The summed E-state index contributed by atoms with van der Waals surface area (Å²) in [5.74, 6) is -0.339. The van der Waals surface area contributed by atoms with E-state index in [1.54, 1.807) is 6.07 Å². The van der Waals surface area contributed by atoms with Crippen molar-refractivity contribution in [1.29, 1.82) is 0 Å². The molecule has 0 saturated heterocycles. The minimum Gasteiger partial charge on any atom is -0.465 e. The second-order valence-corrected chi connectivity index (χ2v) is 10.3. The van der Waals surface area contributed by atoms with Gasteiger partial charge in [-0.25, -0.2) is 14.6 Å². The second-order valence-electron chi connectivity index (χ2n) is 10.3. The minimum absolute atomic E-state index is 0.129. The number of hydrazine groups is 1. The molecule has 3 rings (SSSR count). The molecular formula is C26H40N4O4. The lowest BCUT2D eigenvalue weighted by molar-refractivity contribution is -0.129. The predicted molar refractivity (Wildman–Crippen MR) is 132 cm³/mol. The summed E-state index contributed by atoms with van der Waals surface area (Å²) in [5.41, 5.74) is 0.579. The van der Waals surface area contributed by atoms with Crippen LogP contribution >= 0.6 is 0 Å². The molecule has 0 aromatic heterocycles. The monoisotopic (exact) mass is 472 g/mol. The first-order valence-corrected chi connectivity index (χ1v) is 12.1. The first kappa shape index (κ1) is 25.9. The second kappa shape index (κ2) is 10.3. The summed E-state index contributed by atoms with van der Waals surface area (Å²) in [6.45, 7) is 10.8. The molecule has 8 nitrogen and oxygen atoms in total. The number of ether oxygens (including phenoxy) is 2. The normalized spacial score (nSPS) is 24.9. The zero-order valence-electron chi connectivity index (χ0n) is 21.6. The average molecular weight is 473 g/mol. The fraction of sp³-hybridized carbons (Fsp3) is 0.615. The number of amides is 1. The van der Waals surface area contributed by atoms with Gasteiger partial charge in [0.05, 0.1) is 12.7 Å². The molecule has 1 unspecified atom stereocenters. The summed E-state index contributed by atoms with van der Waals surface area (Å²) in [6.07, 6.45) is 7.60. The van der Waals surface area contributed by atoms with Gasteiger partial charge in [-0.1, -0.05) is 19.1 Å². The number of rotatable bonds is 6. The van der Waals surface area contributed by atoms with Crippen molar-refractivity contribution >= 4 is 12.1 Å². The van der Waals surface area contributed by atoms with Crippen molar-refractivity contribution in [2.45, 2.75) is 83.6 Å². The Kier molecular flexibility index (Phi) is 7.81. The van der Waals surface area contributed by atoms with Gasteiger partial charge in [0.1, 0.15) is 11.3 Å². The van der Waals surface area contributed by atoms with E-state index in [1.165, 1.54) is 7.11 Å². The summed E-state index contributed by atoms with van der Waals surface area (Å²) in [7, 11) is 3.45. The lowest BCUT2D eigenvalue weighted by Crippen LogP contribution is -2.58. The molecule has 8 heteroatoms. The lowest BCUT2D eigenvalue weighted by atomic mass is 9.90.